The van der Waals surface area contributed by atoms with Crippen molar-refractivity contribution < 1.29 is 0 Å². The fourth-order valence-electron chi connectivity index (χ4n) is 4.20. The van der Waals surface area contributed by atoms with Crippen molar-refractivity contribution in [3.8, 4) is 0 Å². The van der Waals surface area contributed by atoms with Crippen molar-refractivity contribution in [1.82, 2.24) is 10.2 Å². The van der Waals surface area contributed by atoms with Gasteiger partial charge in [0, 0.05) is 18.6 Å². The lowest BCUT2D eigenvalue weighted by atomic mass is 9.91. The Morgan fingerprint density at radius 2 is 1.95 bits per heavy atom. The summed E-state index contributed by atoms with van der Waals surface area (Å²) >= 11 is 0. The normalized spacial score (nSPS) is 25.0. The summed E-state index contributed by atoms with van der Waals surface area (Å²) in [7, 11) is 0. The van der Waals surface area contributed by atoms with Crippen LogP contribution >= 0.6 is 0 Å². The summed E-state index contributed by atoms with van der Waals surface area (Å²) < 4.78 is 0. The molecule has 0 radical (unpaired) electrons. The zero-order chi connectivity index (χ0) is 14.7. The summed E-state index contributed by atoms with van der Waals surface area (Å²) in [6, 6.07) is 10.2. The fourth-order valence-corrected chi connectivity index (χ4v) is 4.20. The van der Waals surface area contributed by atoms with Gasteiger partial charge in [0.05, 0.1) is 0 Å². The number of hydrogen-bond acceptors (Lipinski definition) is 2. The molecule has 116 valence electrons. The highest BCUT2D eigenvalue weighted by molar-refractivity contribution is 5.33. The Balaban J connectivity index is 1.52. The maximum atomic E-state index is 3.93. The van der Waals surface area contributed by atoms with Crippen LogP contribution in [0.2, 0.25) is 0 Å². The third kappa shape index (κ3) is 3.67. The van der Waals surface area contributed by atoms with E-state index >= 15 is 0 Å². The largest absolute Gasteiger partial charge is 0.311 e. The first kappa shape index (κ1) is 15.1. The van der Waals surface area contributed by atoms with Gasteiger partial charge < -0.3 is 10.2 Å². The molecule has 3 rings (SSSR count). The van der Waals surface area contributed by atoms with Gasteiger partial charge >= 0.3 is 0 Å². The molecule has 0 aromatic heterocycles. The number of benzene rings is 1. The SMILES string of the molecule is CCCN1CCCC(C(C)NC2Cc3ccccc3C2)C1. The lowest BCUT2D eigenvalue weighted by Crippen LogP contribution is -2.47. The summed E-state index contributed by atoms with van der Waals surface area (Å²) in [5.41, 5.74) is 3.11. The molecule has 2 aliphatic rings. The second-order valence-corrected chi connectivity index (χ2v) is 7.03. The number of nitrogens with one attached hydrogen (secondary N) is 1. The first-order valence-electron chi connectivity index (χ1n) is 8.81. The molecule has 1 aliphatic carbocycles. The van der Waals surface area contributed by atoms with Crippen LogP contribution in [0.15, 0.2) is 24.3 Å². The molecule has 1 heterocycles. The van der Waals surface area contributed by atoms with E-state index in [1.54, 1.807) is 11.1 Å². The molecule has 1 saturated heterocycles. The van der Waals surface area contributed by atoms with E-state index in [2.05, 4.69) is 48.3 Å². The van der Waals surface area contributed by atoms with Crippen molar-refractivity contribution in [1.29, 1.82) is 0 Å². The first-order valence-corrected chi connectivity index (χ1v) is 8.81. The Morgan fingerprint density at radius 3 is 2.62 bits per heavy atom. The van der Waals surface area contributed by atoms with Crippen molar-refractivity contribution in [2.45, 2.75) is 58.0 Å². The molecule has 1 aromatic rings. The number of rotatable bonds is 5. The lowest BCUT2D eigenvalue weighted by Gasteiger charge is -2.37. The van der Waals surface area contributed by atoms with Gasteiger partial charge in [0.2, 0.25) is 0 Å². The van der Waals surface area contributed by atoms with Gasteiger partial charge in [-0.1, -0.05) is 31.2 Å². The minimum atomic E-state index is 0.643. The van der Waals surface area contributed by atoms with Gasteiger partial charge in [0.15, 0.2) is 0 Å². The van der Waals surface area contributed by atoms with Gasteiger partial charge in [-0.15, -0.1) is 0 Å². The molecular weight excluding hydrogens is 256 g/mol. The molecule has 1 fully saturated rings. The number of piperidine rings is 1. The Hall–Kier alpha value is -0.860. The van der Waals surface area contributed by atoms with E-state index in [9.17, 15) is 0 Å². The van der Waals surface area contributed by atoms with Crippen molar-refractivity contribution >= 4 is 0 Å². The van der Waals surface area contributed by atoms with E-state index in [0.29, 0.717) is 12.1 Å². The summed E-state index contributed by atoms with van der Waals surface area (Å²) in [5.74, 6) is 0.828. The molecule has 1 N–H and O–H groups in total. The third-order valence-electron chi connectivity index (χ3n) is 5.34. The average molecular weight is 286 g/mol. The van der Waals surface area contributed by atoms with Gasteiger partial charge in [0.1, 0.15) is 0 Å². The summed E-state index contributed by atoms with van der Waals surface area (Å²) in [4.78, 5) is 2.66. The molecule has 0 spiro atoms. The first-order chi connectivity index (χ1) is 10.3. The quantitative estimate of drug-likeness (QED) is 0.894. The average Bonchev–Trinajstić information content (AvgIpc) is 2.90. The molecule has 2 atom stereocenters. The zero-order valence-corrected chi connectivity index (χ0v) is 13.6. The Kier molecular flexibility index (Phi) is 4.97. The standard InChI is InChI=1S/C19H30N2/c1-3-10-21-11-6-9-18(14-21)15(2)20-19-12-16-7-4-5-8-17(16)13-19/h4-5,7-8,15,18-20H,3,6,9-14H2,1-2H3. The van der Waals surface area contributed by atoms with Crippen LogP contribution in [-0.2, 0) is 12.8 Å². The molecule has 21 heavy (non-hydrogen) atoms. The zero-order valence-electron chi connectivity index (χ0n) is 13.6. The highest BCUT2D eigenvalue weighted by Gasteiger charge is 2.28. The number of likely N-dealkylation sites (tertiary alicyclic amines) is 1. The van der Waals surface area contributed by atoms with E-state index in [1.165, 1.54) is 51.7 Å². The van der Waals surface area contributed by atoms with Crippen LogP contribution in [0.3, 0.4) is 0 Å². The van der Waals surface area contributed by atoms with Crippen LogP contribution in [0.1, 0.15) is 44.2 Å². The Labute approximate surface area is 129 Å². The van der Waals surface area contributed by atoms with Crippen molar-refractivity contribution in [3.05, 3.63) is 35.4 Å². The predicted molar refractivity (Wildman–Crippen MR) is 89.7 cm³/mol. The van der Waals surface area contributed by atoms with Crippen LogP contribution < -0.4 is 5.32 Å². The fraction of sp³-hybridized carbons (Fsp3) is 0.684. The second kappa shape index (κ2) is 6.93. The van der Waals surface area contributed by atoms with Gasteiger partial charge in [-0.05, 0) is 69.2 Å². The Morgan fingerprint density at radius 1 is 1.24 bits per heavy atom. The second-order valence-electron chi connectivity index (χ2n) is 7.03. The maximum Gasteiger partial charge on any atom is 0.0151 e. The van der Waals surface area contributed by atoms with Gasteiger partial charge in [-0.25, -0.2) is 0 Å². The minimum absolute atomic E-state index is 0.643. The van der Waals surface area contributed by atoms with Gasteiger partial charge in [-0.3, -0.25) is 0 Å². The third-order valence-corrected chi connectivity index (χ3v) is 5.34. The molecule has 2 unspecified atom stereocenters. The van der Waals surface area contributed by atoms with E-state index in [1.807, 2.05) is 0 Å². The number of nitrogens with zero attached hydrogens (tertiary/aromatic N) is 1. The molecule has 2 nitrogen and oxygen atoms in total. The van der Waals surface area contributed by atoms with Crippen LogP contribution in [0.4, 0.5) is 0 Å². The van der Waals surface area contributed by atoms with Crippen molar-refractivity contribution in [3.63, 3.8) is 0 Å². The predicted octanol–water partition coefficient (Wildman–Crippen LogP) is 3.25. The van der Waals surface area contributed by atoms with E-state index in [0.717, 1.165) is 5.92 Å². The van der Waals surface area contributed by atoms with Crippen LogP contribution in [0, 0.1) is 5.92 Å². The molecule has 1 aromatic carbocycles. The summed E-state index contributed by atoms with van der Waals surface area (Å²) in [6.07, 6.45) is 6.49. The molecule has 2 heteroatoms. The molecule has 0 bridgehead atoms. The van der Waals surface area contributed by atoms with E-state index in [4.69, 9.17) is 0 Å². The molecule has 0 saturated carbocycles. The Bertz CT molecular complexity index is 430. The maximum absolute atomic E-state index is 3.93. The van der Waals surface area contributed by atoms with E-state index < -0.39 is 0 Å². The van der Waals surface area contributed by atoms with Gasteiger partial charge in [-0.2, -0.15) is 0 Å². The molecular formula is C19H30N2. The van der Waals surface area contributed by atoms with Crippen LogP contribution in [0.5, 0.6) is 0 Å². The monoisotopic (exact) mass is 286 g/mol. The van der Waals surface area contributed by atoms with Crippen molar-refractivity contribution in [2.24, 2.45) is 5.92 Å². The summed E-state index contributed by atoms with van der Waals surface area (Å²) in [5, 5.41) is 3.93. The number of hydrogen-bond donors (Lipinski definition) is 1. The highest BCUT2D eigenvalue weighted by atomic mass is 15.1. The van der Waals surface area contributed by atoms with Crippen LogP contribution in [-0.4, -0.2) is 36.6 Å². The van der Waals surface area contributed by atoms with Crippen molar-refractivity contribution in [2.75, 3.05) is 19.6 Å². The smallest absolute Gasteiger partial charge is 0.0151 e. The lowest BCUT2D eigenvalue weighted by molar-refractivity contribution is 0.147. The number of fused-ring (bicyclic) bond motifs is 1. The van der Waals surface area contributed by atoms with E-state index in [-0.39, 0.29) is 0 Å². The minimum Gasteiger partial charge on any atom is -0.311 e. The van der Waals surface area contributed by atoms with Gasteiger partial charge in [0.25, 0.3) is 0 Å². The summed E-state index contributed by atoms with van der Waals surface area (Å²) in [6.45, 7) is 8.58. The molecule has 0 amide bonds. The highest BCUT2D eigenvalue weighted by Crippen LogP contribution is 2.25. The van der Waals surface area contributed by atoms with Crippen LogP contribution in [0.25, 0.3) is 0 Å². The topological polar surface area (TPSA) is 15.3 Å². The molecule has 1 aliphatic heterocycles.